The van der Waals surface area contributed by atoms with Gasteiger partial charge in [0.25, 0.3) is 16.4 Å². The van der Waals surface area contributed by atoms with Crippen molar-refractivity contribution in [3.63, 3.8) is 0 Å². The van der Waals surface area contributed by atoms with Crippen LogP contribution in [0.5, 0.6) is 0 Å². The van der Waals surface area contributed by atoms with Crippen LogP contribution in [0.2, 0.25) is 0 Å². The average molecular weight is 490 g/mol. The minimum atomic E-state index is -1.24. The maximum absolute atomic E-state index is 13.5. The second-order valence-corrected chi connectivity index (χ2v) is 7.12. The molecule has 1 heterocycles. The third-order valence-corrected chi connectivity index (χ3v) is 4.89. The summed E-state index contributed by atoms with van der Waals surface area (Å²) in [6.45, 7) is 2.16. The first-order valence-electron chi connectivity index (χ1n) is 9.67. The van der Waals surface area contributed by atoms with Crippen molar-refractivity contribution in [1.29, 1.82) is 0 Å². The number of carboxylic acids is 1. The van der Waals surface area contributed by atoms with Gasteiger partial charge in [0.05, 0.1) is 10.9 Å². The maximum Gasteiger partial charge on any atom is 0.372 e. The van der Waals surface area contributed by atoms with Gasteiger partial charge < -0.3 is 26.9 Å². The zero-order valence-corrected chi connectivity index (χ0v) is 18.7. The number of carbonyl (C=O) groups is 1. The summed E-state index contributed by atoms with van der Waals surface area (Å²) in [5.41, 5.74) is 11.3. The van der Waals surface area contributed by atoms with E-state index in [1.54, 1.807) is 37.3 Å². The van der Waals surface area contributed by atoms with E-state index in [4.69, 9.17) is 16.6 Å². The lowest BCUT2D eigenvalue weighted by Gasteiger charge is -2.11. The van der Waals surface area contributed by atoms with Crippen LogP contribution in [0.3, 0.4) is 0 Å². The van der Waals surface area contributed by atoms with Gasteiger partial charge in [-0.2, -0.15) is 0 Å². The van der Waals surface area contributed by atoms with Gasteiger partial charge in [-0.3, -0.25) is 14.4 Å². The van der Waals surface area contributed by atoms with Gasteiger partial charge in [-0.1, -0.05) is 18.2 Å². The number of nitrogens with zero attached hydrogens (tertiary/aromatic N) is 1. The molecule has 0 aliphatic rings. The number of carboxylic acid groups (broad SMARTS) is 1. The van der Waals surface area contributed by atoms with E-state index < -0.39 is 28.2 Å². The fourth-order valence-corrected chi connectivity index (χ4v) is 3.12. The minimum Gasteiger partial charge on any atom is -0.475 e. The van der Waals surface area contributed by atoms with Crippen molar-refractivity contribution in [2.24, 2.45) is 5.73 Å². The number of rotatable bonds is 5. The van der Waals surface area contributed by atoms with Crippen molar-refractivity contribution in [3.05, 3.63) is 95.5 Å². The van der Waals surface area contributed by atoms with Crippen molar-refractivity contribution in [3.8, 4) is 0 Å². The summed E-state index contributed by atoms with van der Waals surface area (Å²) in [7, 11) is 0. The molecular formula is C22H21ClFN5O5. The monoisotopic (exact) mass is 489 g/mol. The molecule has 0 bridgehead atoms. The number of halogens is 2. The Kier molecular flexibility index (Phi) is 8.22. The normalized spacial score (nSPS) is 10.3. The van der Waals surface area contributed by atoms with E-state index in [0.717, 1.165) is 11.1 Å². The molecule has 10 nitrogen and oxygen atoms in total. The summed E-state index contributed by atoms with van der Waals surface area (Å²) in [4.78, 5) is 50.3. The van der Waals surface area contributed by atoms with Crippen molar-refractivity contribution in [1.82, 2.24) is 9.97 Å². The molecule has 0 spiro atoms. The lowest BCUT2D eigenvalue weighted by molar-refractivity contribution is 0.0683. The van der Waals surface area contributed by atoms with E-state index in [-0.39, 0.29) is 36.2 Å². The molecule has 1 aromatic heterocycles. The summed E-state index contributed by atoms with van der Waals surface area (Å²) >= 11 is 0. The Bertz CT molecular complexity index is 1490. The molecule has 4 aromatic rings. The van der Waals surface area contributed by atoms with Gasteiger partial charge in [0.2, 0.25) is 5.82 Å². The number of aromatic nitrogens is 2. The van der Waals surface area contributed by atoms with Gasteiger partial charge in [-0.25, -0.2) is 14.2 Å². The molecule has 0 radical (unpaired) electrons. The summed E-state index contributed by atoms with van der Waals surface area (Å²) in [5, 5.41) is 11.8. The Balaban J connectivity index is 0.000000237. The number of hydrogen-bond acceptors (Lipinski definition) is 8. The topological polar surface area (TPSA) is 181 Å². The number of nitrogens with one attached hydrogen (secondary N) is 2. The zero-order chi connectivity index (χ0) is 24.3. The number of anilines is 2. The highest BCUT2D eigenvalue weighted by atomic mass is 35.5. The Hall–Kier alpha value is -4.09. The molecule has 0 amide bonds. The maximum atomic E-state index is 13.5. The number of fused-ring (bicyclic) bond motifs is 1. The van der Waals surface area contributed by atoms with Gasteiger partial charge in [0.15, 0.2) is 0 Å². The molecule has 4 rings (SSSR count). The van der Waals surface area contributed by atoms with Crippen LogP contribution in [0.15, 0.2) is 50.8 Å². The number of H-pyrrole nitrogens is 1. The predicted octanol–water partition coefficient (Wildman–Crippen LogP) is 1.43. The van der Waals surface area contributed by atoms with Crippen molar-refractivity contribution in [2.75, 3.05) is 11.1 Å². The van der Waals surface area contributed by atoms with E-state index >= 15 is 0 Å². The minimum absolute atomic E-state index is 0. The number of aromatic amines is 1. The fraction of sp³-hybridized carbons (Fsp3) is 0.136. The highest BCUT2D eigenvalue weighted by Gasteiger charge is 2.17. The molecule has 0 fully saturated rings. The number of benzene rings is 2. The predicted molar refractivity (Wildman–Crippen MR) is 129 cm³/mol. The first-order valence-corrected chi connectivity index (χ1v) is 9.67. The van der Waals surface area contributed by atoms with Crippen LogP contribution in [-0.4, -0.2) is 21.0 Å². The molecule has 34 heavy (non-hydrogen) atoms. The Morgan fingerprint density at radius 2 is 1.88 bits per heavy atom. The van der Waals surface area contributed by atoms with Crippen molar-refractivity contribution < 1.29 is 14.3 Å². The van der Waals surface area contributed by atoms with Gasteiger partial charge >= 0.3 is 5.97 Å². The van der Waals surface area contributed by atoms with Crippen molar-refractivity contribution in [2.45, 2.75) is 20.0 Å². The quantitative estimate of drug-likeness (QED) is 0.259. The summed E-state index contributed by atoms with van der Waals surface area (Å²) < 4.78 is 13.5. The third kappa shape index (κ3) is 5.27. The first kappa shape index (κ1) is 26.2. The first-order chi connectivity index (χ1) is 15.6. The number of nitrogens with two attached hydrogens (primary N) is 2. The van der Waals surface area contributed by atoms with Crippen LogP contribution in [0.4, 0.5) is 15.8 Å². The Morgan fingerprint density at radius 3 is 2.50 bits per heavy atom. The van der Waals surface area contributed by atoms with Crippen LogP contribution >= 0.6 is 12.4 Å². The number of nitrogen functional groups attached to an aromatic ring is 1. The SMILES string of the molecule is Cc1cccc2nc(C(=O)O)[nH]c(=O)c12.Cl.NCc1ccc(F)c(CNc2c(N)c(=O)c2=O)c1. The van der Waals surface area contributed by atoms with E-state index in [0.29, 0.717) is 23.0 Å². The van der Waals surface area contributed by atoms with E-state index in [2.05, 4.69) is 15.3 Å². The second-order valence-electron chi connectivity index (χ2n) is 7.12. The molecule has 3 aromatic carbocycles. The molecule has 178 valence electrons. The molecule has 12 heteroatoms. The Morgan fingerprint density at radius 1 is 1.18 bits per heavy atom. The molecule has 0 aliphatic carbocycles. The third-order valence-electron chi connectivity index (χ3n) is 4.89. The fourth-order valence-electron chi connectivity index (χ4n) is 3.12. The number of aryl methyl sites for hydroxylation is 1. The molecule has 7 N–H and O–H groups in total. The van der Waals surface area contributed by atoms with Gasteiger partial charge in [-0.05, 0) is 36.2 Å². The second kappa shape index (κ2) is 10.7. The van der Waals surface area contributed by atoms with Crippen LogP contribution in [0, 0.1) is 12.7 Å². The average Bonchev–Trinajstić information content (AvgIpc) is 2.80. The number of aromatic carboxylic acids is 1. The summed E-state index contributed by atoms with van der Waals surface area (Å²) in [5.74, 6) is -1.98. The molecule has 0 aliphatic heterocycles. The highest BCUT2D eigenvalue weighted by molar-refractivity contribution is 5.88. The molecule has 0 unspecified atom stereocenters. The highest BCUT2D eigenvalue weighted by Crippen LogP contribution is 2.15. The Labute approximate surface area is 197 Å². The lowest BCUT2D eigenvalue weighted by atomic mass is 10.1. The number of hydrogen-bond donors (Lipinski definition) is 5. The standard InChI is InChI=1S/C12H12FN3O2.C10H8N2O3.ClH/c13-8-2-1-6(4-14)3-7(8)5-16-10-9(15)11(17)12(10)18;1-5-3-2-4-6-7(5)9(13)12-8(11-6)10(14)15;/h1-3,16H,4-5,14-15H2;2-4H,1H3,(H,14,15)(H,11,12,13);1H. The van der Waals surface area contributed by atoms with E-state index in [1.165, 1.54) is 6.07 Å². The van der Waals surface area contributed by atoms with E-state index in [1.807, 2.05) is 0 Å². The lowest BCUT2D eigenvalue weighted by Crippen LogP contribution is -2.37. The van der Waals surface area contributed by atoms with E-state index in [9.17, 15) is 23.6 Å². The van der Waals surface area contributed by atoms with Crippen molar-refractivity contribution >= 4 is 40.7 Å². The molecular weight excluding hydrogens is 469 g/mol. The largest absolute Gasteiger partial charge is 0.475 e. The van der Waals surface area contributed by atoms with Crippen LogP contribution < -0.4 is 33.2 Å². The summed E-state index contributed by atoms with van der Waals surface area (Å²) in [6, 6.07) is 9.62. The van der Waals surface area contributed by atoms with Crippen LogP contribution in [0.25, 0.3) is 10.9 Å². The zero-order valence-electron chi connectivity index (χ0n) is 17.8. The van der Waals surface area contributed by atoms with Crippen LogP contribution in [0.1, 0.15) is 27.3 Å². The smallest absolute Gasteiger partial charge is 0.372 e. The summed E-state index contributed by atoms with van der Waals surface area (Å²) in [6.07, 6.45) is 0. The van der Waals surface area contributed by atoms with Gasteiger partial charge in [0, 0.05) is 18.7 Å². The molecule has 0 saturated heterocycles. The molecule has 0 saturated carbocycles. The van der Waals surface area contributed by atoms with Gasteiger partial charge in [-0.15, -0.1) is 12.4 Å². The van der Waals surface area contributed by atoms with Crippen LogP contribution in [-0.2, 0) is 13.1 Å². The van der Waals surface area contributed by atoms with Gasteiger partial charge in [0.1, 0.15) is 17.2 Å². The molecule has 0 atom stereocenters.